The zero-order valence-corrected chi connectivity index (χ0v) is 14.6. The molecule has 0 radical (unpaired) electrons. The molecule has 4 rings (SSSR count). The SMILES string of the molecule is CCC1=CCC2C3CCC4=CC(O)CCC4(C)C3CCC12C. The summed E-state index contributed by atoms with van der Waals surface area (Å²) in [6, 6.07) is 0. The van der Waals surface area contributed by atoms with Crippen molar-refractivity contribution in [2.24, 2.45) is 28.6 Å². The summed E-state index contributed by atoms with van der Waals surface area (Å²) in [5.41, 5.74) is 4.24. The number of rotatable bonds is 1. The third kappa shape index (κ3) is 1.87. The predicted octanol–water partition coefficient (Wildman–Crippen LogP) is 5.26. The second-order valence-electron chi connectivity index (χ2n) is 8.91. The van der Waals surface area contributed by atoms with Gasteiger partial charge < -0.3 is 5.11 Å². The van der Waals surface area contributed by atoms with Gasteiger partial charge in [0.15, 0.2) is 0 Å². The maximum absolute atomic E-state index is 10.0. The Morgan fingerprint density at radius 1 is 1.09 bits per heavy atom. The fourth-order valence-electron chi connectivity index (χ4n) is 6.91. The summed E-state index contributed by atoms with van der Waals surface area (Å²) in [7, 11) is 0. The molecule has 6 atom stereocenters. The van der Waals surface area contributed by atoms with Crippen molar-refractivity contribution in [1.29, 1.82) is 0 Å². The van der Waals surface area contributed by atoms with Crippen LogP contribution < -0.4 is 0 Å². The molecule has 2 fully saturated rings. The van der Waals surface area contributed by atoms with Gasteiger partial charge in [0.2, 0.25) is 0 Å². The van der Waals surface area contributed by atoms with Gasteiger partial charge in [-0.25, -0.2) is 0 Å². The molecule has 0 spiro atoms. The van der Waals surface area contributed by atoms with Crippen LogP contribution in [0, 0.1) is 28.6 Å². The summed E-state index contributed by atoms with van der Waals surface area (Å²) < 4.78 is 0. The van der Waals surface area contributed by atoms with Gasteiger partial charge in [-0.1, -0.05) is 44.1 Å². The normalized spacial score (nSPS) is 50.5. The molecule has 4 aliphatic rings. The van der Waals surface area contributed by atoms with Crippen LogP contribution in [0.4, 0.5) is 0 Å². The molecule has 22 heavy (non-hydrogen) atoms. The number of hydrogen-bond donors (Lipinski definition) is 1. The van der Waals surface area contributed by atoms with Gasteiger partial charge in [-0.2, -0.15) is 0 Å². The van der Waals surface area contributed by atoms with Crippen molar-refractivity contribution >= 4 is 0 Å². The van der Waals surface area contributed by atoms with E-state index < -0.39 is 0 Å². The molecule has 122 valence electrons. The van der Waals surface area contributed by atoms with Gasteiger partial charge in [0, 0.05) is 0 Å². The van der Waals surface area contributed by atoms with E-state index in [0.29, 0.717) is 10.8 Å². The number of aliphatic hydroxyl groups excluding tert-OH is 1. The van der Waals surface area contributed by atoms with Crippen LogP contribution in [0.3, 0.4) is 0 Å². The molecule has 0 aliphatic heterocycles. The average Bonchev–Trinajstić information content (AvgIpc) is 2.84. The van der Waals surface area contributed by atoms with E-state index in [9.17, 15) is 5.11 Å². The fraction of sp³-hybridized carbons (Fsp3) is 0.810. The van der Waals surface area contributed by atoms with Crippen molar-refractivity contribution in [1.82, 2.24) is 0 Å². The van der Waals surface area contributed by atoms with Crippen LogP contribution in [0.15, 0.2) is 23.3 Å². The minimum absolute atomic E-state index is 0.173. The van der Waals surface area contributed by atoms with E-state index in [0.717, 1.165) is 24.2 Å². The van der Waals surface area contributed by atoms with E-state index >= 15 is 0 Å². The summed E-state index contributed by atoms with van der Waals surface area (Å²) >= 11 is 0. The summed E-state index contributed by atoms with van der Waals surface area (Å²) in [4.78, 5) is 0. The Morgan fingerprint density at radius 3 is 2.64 bits per heavy atom. The van der Waals surface area contributed by atoms with E-state index in [1.165, 1.54) is 44.9 Å². The van der Waals surface area contributed by atoms with Crippen molar-refractivity contribution in [2.45, 2.75) is 78.2 Å². The van der Waals surface area contributed by atoms with Crippen molar-refractivity contribution in [3.05, 3.63) is 23.3 Å². The van der Waals surface area contributed by atoms with E-state index in [1.54, 1.807) is 11.1 Å². The first-order chi connectivity index (χ1) is 10.5. The second kappa shape index (κ2) is 4.97. The van der Waals surface area contributed by atoms with Crippen LogP contribution in [-0.4, -0.2) is 11.2 Å². The fourth-order valence-corrected chi connectivity index (χ4v) is 6.91. The minimum atomic E-state index is -0.173. The van der Waals surface area contributed by atoms with E-state index in [-0.39, 0.29) is 6.10 Å². The lowest BCUT2D eigenvalue weighted by atomic mass is 9.47. The van der Waals surface area contributed by atoms with E-state index in [2.05, 4.69) is 32.9 Å². The Bertz CT molecular complexity index is 530. The molecule has 0 amide bonds. The van der Waals surface area contributed by atoms with Gasteiger partial charge in [0.25, 0.3) is 0 Å². The lowest BCUT2D eigenvalue weighted by Gasteiger charge is -2.58. The van der Waals surface area contributed by atoms with Gasteiger partial charge in [-0.15, -0.1) is 0 Å². The molecular formula is C21H32O. The Morgan fingerprint density at radius 2 is 1.86 bits per heavy atom. The first-order valence-corrected chi connectivity index (χ1v) is 9.58. The van der Waals surface area contributed by atoms with Crippen LogP contribution in [0.1, 0.15) is 72.1 Å². The molecule has 1 nitrogen and oxygen atoms in total. The van der Waals surface area contributed by atoms with Crippen LogP contribution in [-0.2, 0) is 0 Å². The quantitative estimate of drug-likeness (QED) is 0.655. The molecule has 0 heterocycles. The number of hydrogen-bond acceptors (Lipinski definition) is 1. The highest BCUT2D eigenvalue weighted by atomic mass is 16.3. The van der Waals surface area contributed by atoms with E-state index in [4.69, 9.17) is 0 Å². The van der Waals surface area contributed by atoms with Crippen LogP contribution >= 0.6 is 0 Å². The highest BCUT2D eigenvalue weighted by Crippen LogP contribution is 2.65. The molecule has 1 heteroatoms. The van der Waals surface area contributed by atoms with Crippen molar-refractivity contribution in [3.8, 4) is 0 Å². The minimum Gasteiger partial charge on any atom is -0.389 e. The van der Waals surface area contributed by atoms with Gasteiger partial charge >= 0.3 is 0 Å². The number of allylic oxidation sites excluding steroid dienone is 3. The Kier molecular flexibility index (Phi) is 3.39. The zero-order chi connectivity index (χ0) is 15.5. The molecule has 0 aromatic rings. The molecule has 0 bridgehead atoms. The van der Waals surface area contributed by atoms with E-state index in [1.807, 2.05) is 0 Å². The average molecular weight is 300 g/mol. The molecule has 0 saturated heterocycles. The molecule has 1 N–H and O–H groups in total. The molecule has 0 aromatic carbocycles. The van der Waals surface area contributed by atoms with Crippen molar-refractivity contribution in [2.75, 3.05) is 0 Å². The monoisotopic (exact) mass is 300 g/mol. The highest BCUT2D eigenvalue weighted by molar-refractivity contribution is 5.29. The molecule has 0 aromatic heterocycles. The number of fused-ring (bicyclic) bond motifs is 5. The first-order valence-electron chi connectivity index (χ1n) is 9.58. The van der Waals surface area contributed by atoms with Crippen LogP contribution in [0.5, 0.6) is 0 Å². The predicted molar refractivity (Wildman–Crippen MR) is 91.5 cm³/mol. The first kappa shape index (κ1) is 15.0. The lowest BCUT2D eigenvalue weighted by Crippen LogP contribution is -2.50. The highest BCUT2D eigenvalue weighted by Gasteiger charge is 2.56. The third-order valence-electron chi connectivity index (χ3n) is 8.21. The Hall–Kier alpha value is -0.560. The van der Waals surface area contributed by atoms with Crippen molar-refractivity contribution in [3.63, 3.8) is 0 Å². The standard InChI is InChI=1S/C21H32O/c1-4-14-6-8-18-17-7-5-15-13-16(22)9-11-21(15,3)19(17)10-12-20(14,18)2/h6,13,16-19,22H,4-5,7-12H2,1-3H3. The van der Waals surface area contributed by atoms with Gasteiger partial charge in [-0.05, 0) is 80.0 Å². The smallest absolute Gasteiger partial charge is 0.0724 e. The Labute approximate surface area is 135 Å². The van der Waals surface area contributed by atoms with Crippen LogP contribution in [0.25, 0.3) is 0 Å². The van der Waals surface area contributed by atoms with Gasteiger partial charge in [-0.3, -0.25) is 0 Å². The largest absolute Gasteiger partial charge is 0.389 e. The molecule has 2 saturated carbocycles. The summed E-state index contributed by atoms with van der Waals surface area (Å²) in [5.74, 6) is 2.67. The summed E-state index contributed by atoms with van der Waals surface area (Å²) in [6.45, 7) is 7.43. The second-order valence-corrected chi connectivity index (χ2v) is 8.91. The summed E-state index contributed by atoms with van der Waals surface area (Å²) in [5, 5.41) is 10.0. The van der Waals surface area contributed by atoms with Gasteiger partial charge in [0.1, 0.15) is 0 Å². The van der Waals surface area contributed by atoms with Crippen molar-refractivity contribution < 1.29 is 5.11 Å². The topological polar surface area (TPSA) is 20.2 Å². The number of aliphatic hydroxyl groups is 1. The maximum Gasteiger partial charge on any atom is 0.0724 e. The zero-order valence-electron chi connectivity index (χ0n) is 14.6. The molecular weight excluding hydrogens is 268 g/mol. The Balaban J connectivity index is 1.66. The maximum atomic E-state index is 10.0. The van der Waals surface area contributed by atoms with Gasteiger partial charge in [0.05, 0.1) is 6.10 Å². The van der Waals surface area contributed by atoms with Crippen LogP contribution in [0.2, 0.25) is 0 Å². The molecule has 6 unspecified atom stereocenters. The summed E-state index contributed by atoms with van der Waals surface area (Å²) in [6.07, 6.45) is 14.8. The lowest BCUT2D eigenvalue weighted by molar-refractivity contribution is -0.0347. The third-order valence-corrected chi connectivity index (χ3v) is 8.21. The molecule has 4 aliphatic carbocycles.